The minimum atomic E-state index is -0.238. The molecule has 1 aliphatic rings. The van der Waals surface area contributed by atoms with Gasteiger partial charge in [-0.3, -0.25) is 0 Å². The Morgan fingerprint density at radius 3 is 2.92 bits per heavy atom. The van der Waals surface area contributed by atoms with Gasteiger partial charge in [0.25, 0.3) is 0 Å². The number of aliphatic hydroxyl groups is 1. The van der Waals surface area contributed by atoms with E-state index in [1.165, 1.54) is 11.1 Å². The summed E-state index contributed by atoms with van der Waals surface area (Å²) >= 11 is 3.50. The fourth-order valence-corrected chi connectivity index (χ4v) is 2.44. The van der Waals surface area contributed by atoms with Crippen LogP contribution in [0.25, 0.3) is 0 Å². The highest BCUT2D eigenvalue weighted by Gasteiger charge is 2.23. The van der Waals surface area contributed by atoms with Crippen molar-refractivity contribution in [2.75, 3.05) is 0 Å². The molecule has 1 aliphatic carbocycles. The second-order valence-corrected chi connectivity index (χ2v) is 4.17. The predicted octanol–water partition coefficient (Wildman–Crippen LogP) is 2.74. The molecule has 0 aromatic heterocycles. The van der Waals surface area contributed by atoms with Crippen molar-refractivity contribution >= 4 is 15.9 Å². The van der Waals surface area contributed by atoms with Crippen LogP contribution in [0.2, 0.25) is 0 Å². The minimum absolute atomic E-state index is 0.238. The van der Waals surface area contributed by atoms with Crippen LogP contribution in [0.3, 0.4) is 0 Å². The molecule has 0 saturated heterocycles. The van der Waals surface area contributed by atoms with Crippen LogP contribution in [-0.2, 0) is 6.42 Å². The Bertz CT molecular complexity index is 320. The van der Waals surface area contributed by atoms with Gasteiger partial charge >= 0.3 is 0 Å². The Kier molecular flexibility index (Phi) is 1.97. The van der Waals surface area contributed by atoms with Crippen molar-refractivity contribution in [3.05, 3.63) is 33.3 Å². The van der Waals surface area contributed by atoms with Gasteiger partial charge in [-0.15, -0.1) is 0 Å². The standard InChI is InChI=1S/C10H11BrO/c1-6-2-4-8(11)7-3-5-9(12)10(6)7/h2,4,9,12H,3,5H2,1H3. The molecular weight excluding hydrogens is 216 g/mol. The van der Waals surface area contributed by atoms with Crippen LogP contribution in [0.5, 0.6) is 0 Å². The molecule has 0 amide bonds. The van der Waals surface area contributed by atoms with Gasteiger partial charge in [0.2, 0.25) is 0 Å². The number of benzene rings is 1. The average molecular weight is 227 g/mol. The lowest BCUT2D eigenvalue weighted by molar-refractivity contribution is 0.179. The van der Waals surface area contributed by atoms with Gasteiger partial charge in [0.05, 0.1) is 6.10 Å². The molecule has 0 radical (unpaired) electrons. The first-order valence-electron chi connectivity index (χ1n) is 4.16. The number of fused-ring (bicyclic) bond motifs is 1. The normalized spacial score (nSPS) is 21.1. The maximum Gasteiger partial charge on any atom is 0.0798 e. The van der Waals surface area contributed by atoms with Gasteiger partial charge in [0, 0.05) is 4.47 Å². The fourth-order valence-electron chi connectivity index (χ4n) is 1.90. The molecule has 0 fully saturated rings. The summed E-state index contributed by atoms with van der Waals surface area (Å²) in [6.07, 6.45) is 1.63. The third-order valence-electron chi connectivity index (χ3n) is 2.52. The van der Waals surface area contributed by atoms with Gasteiger partial charge in [-0.1, -0.05) is 22.0 Å². The van der Waals surface area contributed by atoms with Crippen molar-refractivity contribution in [3.63, 3.8) is 0 Å². The first kappa shape index (κ1) is 8.27. The Morgan fingerprint density at radius 2 is 2.25 bits per heavy atom. The Labute approximate surface area is 80.5 Å². The van der Waals surface area contributed by atoms with Crippen LogP contribution in [0.4, 0.5) is 0 Å². The molecule has 1 N–H and O–H groups in total. The van der Waals surface area contributed by atoms with Gasteiger partial charge < -0.3 is 5.11 Å². The second kappa shape index (κ2) is 2.86. The summed E-state index contributed by atoms with van der Waals surface area (Å²) in [4.78, 5) is 0. The molecule has 0 heterocycles. The molecule has 12 heavy (non-hydrogen) atoms. The zero-order valence-electron chi connectivity index (χ0n) is 6.97. The summed E-state index contributed by atoms with van der Waals surface area (Å²) in [5, 5.41) is 9.67. The van der Waals surface area contributed by atoms with Gasteiger partial charge in [-0.05, 0) is 42.5 Å². The number of halogens is 1. The van der Waals surface area contributed by atoms with Gasteiger partial charge in [-0.25, -0.2) is 0 Å². The first-order valence-corrected chi connectivity index (χ1v) is 4.95. The highest BCUT2D eigenvalue weighted by molar-refractivity contribution is 9.10. The number of aliphatic hydroxyl groups excluding tert-OH is 1. The Hall–Kier alpha value is -0.340. The highest BCUT2D eigenvalue weighted by Crippen LogP contribution is 2.37. The van der Waals surface area contributed by atoms with E-state index < -0.39 is 0 Å². The number of hydrogen-bond donors (Lipinski definition) is 1. The molecule has 0 bridgehead atoms. The van der Waals surface area contributed by atoms with E-state index in [4.69, 9.17) is 0 Å². The van der Waals surface area contributed by atoms with Crippen LogP contribution >= 0.6 is 15.9 Å². The zero-order chi connectivity index (χ0) is 8.72. The third kappa shape index (κ3) is 1.10. The van der Waals surface area contributed by atoms with Crippen LogP contribution in [0.1, 0.15) is 29.2 Å². The van der Waals surface area contributed by atoms with Crippen molar-refractivity contribution < 1.29 is 5.11 Å². The third-order valence-corrected chi connectivity index (χ3v) is 3.26. The lowest BCUT2D eigenvalue weighted by Crippen LogP contribution is -1.94. The van der Waals surface area contributed by atoms with Crippen molar-refractivity contribution in [1.82, 2.24) is 0 Å². The lowest BCUT2D eigenvalue weighted by Gasteiger charge is -2.08. The number of aryl methyl sites for hydroxylation is 1. The number of hydrogen-bond acceptors (Lipinski definition) is 1. The predicted molar refractivity (Wildman–Crippen MR) is 52.2 cm³/mol. The maximum atomic E-state index is 9.67. The molecule has 0 spiro atoms. The van der Waals surface area contributed by atoms with Crippen LogP contribution in [0.15, 0.2) is 16.6 Å². The zero-order valence-corrected chi connectivity index (χ0v) is 8.56. The van der Waals surface area contributed by atoms with E-state index >= 15 is 0 Å². The summed E-state index contributed by atoms with van der Waals surface area (Å²) in [7, 11) is 0. The van der Waals surface area contributed by atoms with E-state index in [1.807, 2.05) is 0 Å². The molecule has 1 aromatic rings. The van der Waals surface area contributed by atoms with E-state index in [2.05, 4.69) is 35.0 Å². The second-order valence-electron chi connectivity index (χ2n) is 3.31. The average Bonchev–Trinajstić information content (AvgIpc) is 2.42. The van der Waals surface area contributed by atoms with Crippen molar-refractivity contribution in [2.45, 2.75) is 25.9 Å². The Balaban J connectivity index is 2.64. The summed E-state index contributed by atoms with van der Waals surface area (Å²) in [5.41, 5.74) is 3.64. The Morgan fingerprint density at radius 1 is 1.50 bits per heavy atom. The smallest absolute Gasteiger partial charge is 0.0798 e. The molecular formula is C10H11BrO. The minimum Gasteiger partial charge on any atom is -0.388 e. The molecule has 1 nitrogen and oxygen atoms in total. The molecule has 64 valence electrons. The van der Waals surface area contributed by atoms with Gasteiger partial charge in [0.1, 0.15) is 0 Å². The summed E-state index contributed by atoms with van der Waals surface area (Å²) < 4.78 is 1.14. The van der Waals surface area contributed by atoms with Crippen molar-refractivity contribution in [3.8, 4) is 0 Å². The first-order chi connectivity index (χ1) is 5.70. The largest absolute Gasteiger partial charge is 0.388 e. The van der Waals surface area contributed by atoms with Crippen LogP contribution in [-0.4, -0.2) is 5.11 Å². The van der Waals surface area contributed by atoms with E-state index in [1.54, 1.807) is 0 Å². The highest BCUT2D eigenvalue weighted by atomic mass is 79.9. The van der Waals surface area contributed by atoms with Gasteiger partial charge in [0.15, 0.2) is 0 Å². The molecule has 1 atom stereocenters. The van der Waals surface area contributed by atoms with Gasteiger partial charge in [-0.2, -0.15) is 0 Å². The number of rotatable bonds is 0. The molecule has 2 heteroatoms. The summed E-state index contributed by atoms with van der Waals surface area (Å²) in [6, 6.07) is 4.11. The van der Waals surface area contributed by atoms with Crippen LogP contribution < -0.4 is 0 Å². The molecule has 1 unspecified atom stereocenters. The summed E-state index contributed by atoms with van der Waals surface area (Å²) in [5.74, 6) is 0. The van der Waals surface area contributed by atoms with E-state index in [9.17, 15) is 5.11 Å². The van der Waals surface area contributed by atoms with E-state index in [0.717, 1.165) is 22.9 Å². The lowest BCUT2D eigenvalue weighted by atomic mass is 10.0. The molecule has 0 saturated carbocycles. The van der Waals surface area contributed by atoms with Crippen LogP contribution in [0, 0.1) is 6.92 Å². The molecule has 0 aliphatic heterocycles. The van der Waals surface area contributed by atoms with E-state index in [0.29, 0.717) is 0 Å². The molecule has 2 rings (SSSR count). The maximum absolute atomic E-state index is 9.67. The topological polar surface area (TPSA) is 20.2 Å². The quantitative estimate of drug-likeness (QED) is 0.722. The fraction of sp³-hybridized carbons (Fsp3) is 0.400. The molecule has 1 aromatic carbocycles. The van der Waals surface area contributed by atoms with Crippen molar-refractivity contribution in [1.29, 1.82) is 0 Å². The van der Waals surface area contributed by atoms with Crippen molar-refractivity contribution in [2.24, 2.45) is 0 Å². The van der Waals surface area contributed by atoms with E-state index in [-0.39, 0.29) is 6.10 Å². The summed E-state index contributed by atoms with van der Waals surface area (Å²) in [6.45, 7) is 2.06. The monoisotopic (exact) mass is 226 g/mol. The SMILES string of the molecule is Cc1ccc(Br)c2c1C(O)CC2.